The Labute approximate surface area is 97.0 Å². The van der Waals surface area contributed by atoms with Crippen LogP contribution in [0.25, 0.3) is 0 Å². The van der Waals surface area contributed by atoms with E-state index in [2.05, 4.69) is 12.2 Å². The van der Waals surface area contributed by atoms with Gasteiger partial charge in [-0.25, -0.2) is 0 Å². The van der Waals surface area contributed by atoms with Crippen molar-refractivity contribution in [3.05, 3.63) is 0 Å². The van der Waals surface area contributed by atoms with E-state index in [4.69, 9.17) is 5.73 Å². The van der Waals surface area contributed by atoms with E-state index in [1.165, 1.54) is 0 Å². The minimum Gasteiger partial charge on any atom is -0.349 e. The van der Waals surface area contributed by atoms with E-state index < -0.39 is 0 Å². The van der Waals surface area contributed by atoms with Gasteiger partial charge < -0.3 is 11.1 Å². The van der Waals surface area contributed by atoms with Crippen LogP contribution in [0.3, 0.4) is 0 Å². The third-order valence-corrected chi connectivity index (χ3v) is 2.73. The van der Waals surface area contributed by atoms with Gasteiger partial charge in [0.25, 0.3) is 0 Å². The van der Waals surface area contributed by atoms with E-state index in [-0.39, 0.29) is 23.9 Å². The molecule has 0 bridgehead atoms. The molecule has 0 spiro atoms. The molecule has 86 valence electrons. The van der Waals surface area contributed by atoms with Gasteiger partial charge in [0.2, 0.25) is 5.91 Å². The lowest BCUT2D eigenvalue weighted by Crippen LogP contribution is -2.49. The van der Waals surface area contributed by atoms with Gasteiger partial charge in [-0.15, -0.1) is 12.4 Å². The van der Waals surface area contributed by atoms with Crippen LogP contribution < -0.4 is 11.1 Å². The molecule has 0 aromatic heterocycles. The first-order valence-corrected chi connectivity index (χ1v) is 5.76. The Bertz CT molecular complexity index is 165. The number of rotatable bonds is 6. The van der Waals surface area contributed by atoms with Crippen molar-refractivity contribution >= 4 is 30.1 Å². The summed E-state index contributed by atoms with van der Waals surface area (Å²) in [5.41, 5.74) is 5.21. The van der Waals surface area contributed by atoms with Crippen LogP contribution in [-0.2, 0) is 4.79 Å². The average molecular weight is 241 g/mol. The quantitative estimate of drug-likeness (QED) is 0.691. The summed E-state index contributed by atoms with van der Waals surface area (Å²) < 4.78 is 0. The van der Waals surface area contributed by atoms with E-state index >= 15 is 0 Å². The lowest BCUT2D eigenvalue weighted by atomic mass is 10.1. The van der Waals surface area contributed by atoms with E-state index in [1.807, 2.05) is 13.8 Å². The molecule has 3 nitrogen and oxygen atoms in total. The highest BCUT2D eigenvalue weighted by molar-refractivity contribution is 7.99. The summed E-state index contributed by atoms with van der Waals surface area (Å²) in [6.45, 7) is 6.43. The number of amides is 1. The molecule has 0 rings (SSSR count). The molecule has 0 aliphatic carbocycles. The Hall–Kier alpha value is 0.0700. The van der Waals surface area contributed by atoms with Crippen molar-refractivity contribution in [1.82, 2.24) is 5.32 Å². The number of carbonyl (C=O) groups is 1. The van der Waals surface area contributed by atoms with Crippen LogP contribution in [-0.4, -0.2) is 29.5 Å². The van der Waals surface area contributed by atoms with Gasteiger partial charge in [-0.05, 0) is 26.0 Å². The standard InChI is InChI=1S/C9H20N2OS.ClH/c1-4-5-13-6-8(12)11-9(2,3)7-10;/h4-7,10H2,1-3H3,(H,11,12);1H. The number of halogens is 1. The number of carbonyl (C=O) groups excluding carboxylic acids is 1. The number of nitrogens with one attached hydrogen (secondary N) is 1. The molecule has 0 saturated heterocycles. The Morgan fingerprint density at radius 3 is 2.50 bits per heavy atom. The zero-order valence-electron chi connectivity index (χ0n) is 9.13. The lowest BCUT2D eigenvalue weighted by molar-refractivity contribution is -0.120. The molecule has 3 N–H and O–H groups in total. The van der Waals surface area contributed by atoms with Gasteiger partial charge in [0.15, 0.2) is 0 Å². The normalized spacial score (nSPS) is 10.6. The fourth-order valence-electron chi connectivity index (χ4n) is 0.774. The summed E-state index contributed by atoms with van der Waals surface area (Å²) in [7, 11) is 0. The predicted molar refractivity (Wildman–Crippen MR) is 66.1 cm³/mol. The van der Waals surface area contributed by atoms with Crippen LogP contribution in [0.4, 0.5) is 0 Å². The Balaban J connectivity index is 0. The monoisotopic (exact) mass is 240 g/mol. The van der Waals surface area contributed by atoms with Gasteiger partial charge in [-0.1, -0.05) is 6.92 Å². The van der Waals surface area contributed by atoms with Gasteiger partial charge in [-0.3, -0.25) is 4.79 Å². The minimum absolute atomic E-state index is 0. The van der Waals surface area contributed by atoms with E-state index in [0.717, 1.165) is 12.2 Å². The largest absolute Gasteiger partial charge is 0.349 e. The minimum atomic E-state index is -0.274. The summed E-state index contributed by atoms with van der Waals surface area (Å²) in [4.78, 5) is 11.3. The second-order valence-electron chi connectivity index (χ2n) is 3.69. The molecule has 14 heavy (non-hydrogen) atoms. The van der Waals surface area contributed by atoms with Gasteiger partial charge in [0.05, 0.1) is 5.75 Å². The number of nitrogens with two attached hydrogens (primary N) is 1. The van der Waals surface area contributed by atoms with E-state index in [9.17, 15) is 4.79 Å². The third-order valence-electron chi connectivity index (χ3n) is 1.57. The van der Waals surface area contributed by atoms with Crippen molar-refractivity contribution in [3.8, 4) is 0 Å². The zero-order valence-corrected chi connectivity index (χ0v) is 10.8. The summed E-state index contributed by atoms with van der Waals surface area (Å²) in [5, 5.41) is 2.88. The maximum atomic E-state index is 11.3. The Kier molecular flexibility index (Phi) is 9.88. The van der Waals surface area contributed by atoms with Crippen LogP contribution in [0.1, 0.15) is 27.2 Å². The van der Waals surface area contributed by atoms with Gasteiger partial charge >= 0.3 is 0 Å². The van der Waals surface area contributed by atoms with Crippen LogP contribution in [0.5, 0.6) is 0 Å². The number of thioether (sulfide) groups is 1. The van der Waals surface area contributed by atoms with Gasteiger partial charge in [0, 0.05) is 12.1 Å². The van der Waals surface area contributed by atoms with E-state index in [0.29, 0.717) is 12.3 Å². The molecule has 0 aliphatic heterocycles. The van der Waals surface area contributed by atoms with Crippen LogP contribution in [0, 0.1) is 0 Å². The van der Waals surface area contributed by atoms with Crippen molar-refractivity contribution in [2.24, 2.45) is 5.73 Å². The Morgan fingerprint density at radius 2 is 2.07 bits per heavy atom. The van der Waals surface area contributed by atoms with Gasteiger partial charge in [-0.2, -0.15) is 11.8 Å². The predicted octanol–water partition coefficient (Wildman–Crippen LogP) is 1.40. The first kappa shape index (κ1) is 16.5. The molecule has 0 fully saturated rings. The topological polar surface area (TPSA) is 55.1 Å². The van der Waals surface area contributed by atoms with Gasteiger partial charge in [0.1, 0.15) is 0 Å². The molecule has 0 aliphatic rings. The highest BCUT2D eigenvalue weighted by Crippen LogP contribution is 2.03. The molecule has 1 amide bonds. The summed E-state index contributed by atoms with van der Waals surface area (Å²) >= 11 is 1.66. The van der Waals surface area contributed by atoms with Crippen molar-refractivity contribution in [1.29, 1.82) is 0 Å². The second-order valence-corrected chi connectivity index (χ2v) is 4.79. The third kappa shape index (κ3) is 8.66. The molecule has 5 heteroatoms. The summed E-state index contributed by atoms with van der Waals surface area (Å²) in [6.07, 6.45) is 1.11. The Morgan fingerprint density at radius 1 is 1.50 bits per heavy atom. The van der Waals surface area contributed by atoms with Crippen molar-refractivity contribution in [3.63, 3.8) is 0 Å². The molecule has 0 saturated carbocycles. The maximum absolute atomic E-state index is 11.3. The summed E-state index contributed by atoms with van der Waals surface area (Å²) in [5.74, 6) is 1.65. The number of hydrogen-bond acceptors (Lipinski definition) is 3. The van der Waals surface area contributed by atoms with Crippen molar-refractivity contribution < 1.29 is 4.79 Å². The van der Waals surface area contributed by atoms with E-state index in [1.54, 1.807) is 11.8 Å². The first-order chi connectivity index (χ1) is 6.02. The first-order valence-electron chi connectivity index (χ1n) is 4.60. The molecule has 0 radical (unpaired) electrons. The molecular weight excluding hydrogens is 220 g/mol. The van der Waals surface area contributed by atoms with Crippen LogP contribution >= 0.6 is 24.2 Å². The molecule has 0 atom stereocenters. The fraction of sp³-hybridized carbons (Fsp3) is 0.889. The lowest BCUT2D eigenvalue weighted by Gasteiger charge is -2.23. The molecular formula is C9H21ClN2OS. The SMILES string of the molecule is CCCSCC(=O)NC(C)(C)CN.Cl. The van der Waals surface area contributed by atoms with Crippen molar-refractivity contribution in [2.75, 3.05) is 18.1 Å². The van der Waals surface area contributed by atoms with Crippen molar-refractivity contribution in [2.45, 2.75) is 32.7 Å². The highest BCUT2D eigenvalue weighted by atomic mass is 35.5. The molecule has 0 aromatic rings. The number of hydrogen-bond donors (Lipinski definition) is 2. The molecule has 0 aromatic carbocycles. The second kappa shape index (κ2) is 8.38. The van der Waals surface area contributed by atoms with Crippen LogP contribution in [0.15, 0.2) is 0 Å². The highest BCUT2D eigenvalue weighted by Gasteiger charge is 2.17. The fourth-order valence-corrected chi connectivity index (χ4v) is 1.46. The average Bonchev–Trinajstić information content (AvgIpc) is 2.04. The summed E-state index contributed by atoms with van der Waals surface area (Å²) in [6, 6.07) is 0. The maximum Gasteiger partial charge on any atom is 0.230 e. The smallest absolute Gasteiger partial charge is 0.230 e. The molecule has 0 heterocycles. The zero-order chi connectivity index (χ0) is 10.3. The van der Waals surface area contributed by atoms with Crippen LogP contribution in [0.2, 0.25) is 0 Å². The molecule has 0 unspecified atom stereocenters.